The maximum Gasteiger partial charge on any atom is 0.358 e. The maximum atomic E-state index is 13.5. The van der Waals surface area contributed by atoms with Gasteiger partial charge in [-0.3, -0.25) is 0 Å². The minimum atomic E-state index is -2.02. The summed E-state index contributed by atoms with van der Waals surface area (Å²) in [7, 11) is -0.669. The van der Waals surface area contributed by atoms with Gasteiger partial charge in [0.2, 0.25) is 0 Å². The molecule has 2 aliphatic rings. The van der Waals surface area contributed by atoms with Gasteiger partial charge in [0.15, 0.2) is 19.7 Å². The molecular weight excluding hydrogens is 841 g/mol. The van der Waals surface area contributed by atoms with Crippen LogP contribution in [0.3, 0.4) is 0 Å². The van der Waals surface area contributed by atoms with Crippen molar-refractivity contribution in [2.24, 2.45) is 40.4 Å². The molecule has 2 saturated carbocycles. The van der Waals surface area contributed by atoms with Gasteiger partial charge in [-0.1, -0.05) is 140 Å². The molecule has 0 saturated heterocycles. The van der Waals surface area contributed by atoms with Crippen LogP contribution >= 0.6 is 22.7 Å². The first-order chi connectivity index (χ1) is 29.6. The molecule has 11 heteroatoms. The highest BCUT2D eigenvalue weighted by Gasteiger charge is 2.44. The summed E-state index contributed by atoms with van der Waals surface area (Å²) in [6, 6.07) is 0. The van der Waals surface area contributed by atoms with Crippen molar-refractivity contribution in [3.8, 4) is 0 Å². The summed E-state index contributed by atoms with van der Waals surface area (Å²) in [5.41, 5.74) is -0.0957. The monoisotopic (exact) mass is 914 g/mol. The predicted octanol–water partition coefficient (Wildman–Crippen LogP) is 13.5. The van der Waals surface area contributed by atoms with E-state index in [1.54, 1.807) is 10.8 Å². The number of rotatable bonds is 23. The molecule has 344 valence electrons. The standard InChI is InChI=1S/C52H74N2O6S2Si/c1-14-22-36(3)51(7,8)44(29-21-27-40-33-38(40)25-16-18-30-46-53-41(34-61-46)48(56)58-11)59-49(57)42-35-62-47(54-42)31-19-17-24-37-32-39(37)26-20-28-43(55)52(9,10)45(23-15-2)60-63(12,13)50(4,5)6/h14-27,30-31,34-40,43-45,55H,28-29,32-33H2,1-13H3/b22-14+,23-15+,24-17+,25-16+,26-20-,27-21-,30-18-,31-19-/t36-,37+,38+,39-,40-,43-,44-,45-/m0/s1. The van der Waals surface area contributed by atoms with Gasteiger partial charge in [-0.05, 0) is 93.0 Å². The molecule has 0 radical (unpaired) electrons. The third-order valence-corrected chi connectivity index (χ3v) is 19.3. The molecule has 1 N–H and O–H groups in total. The second-order valence-corrected chi connectivity index (χ2v) is 26.3. The van der Waals surface area contributed by atoms with E-state index in [0.29, 0.717) is 47.9 Å². The molecule has 0 spiro atoms. The summed E-state index contributed by atoms with van der Waals surface area (Å²) in [5, 5.41) is 16.4. The van der Waals surface area contributed by atoms with E-state index in [1.165, 1.54) is 29.8 Å². The number of nitrogens with zero attached hydrogens (tertiary/aromatic N) is 2. The minimum Gasteiger partial charge on any atom is -0.464 e. The van der Waals surface area contributed by atoms with E-state index in [0.717, 1.165) is 22.9 Å². The first-order valence-corrected chi connectivity index (χ1v) is 27.2. The fourth-order valence-electron chi connectivity index (χ4n) is 6.95. The normalized spacial score (nSPS) is 22.2. The maximum absolute atomic E-state index is 13.5. The average molecular weight is 915 g/mol. The number of carbonyl (C=O) groups excluding carboxylic acids is 2. The lowest BCUT2D eigenvalue weighted by atomic mass is 9.74. The number of hydrogen-bond donors (Lipinski definition) is 1. The van der Waals surface area contributed by atoms with Gasteiger partial charge in [-0.25, -0.2) is 19.6 Å². The summed E-state index contributed by atoms with van der Waals surface area (Å²) in [6.45, 7) is 26.0. The number of hydrogen-bond acceptors (Lipinski definition) is 10. The molecule has 63 heavy (non-hydrogen) atoms. The Bertz CT molecular complexity index is 2060. The fraction of sp³-hybridized carbons (Fsp3) is 0.538. The van der Waals surface area contributed by atoms with E-state index in [-0.39, 0.29) is 28.6 Å². The van der Waals surface area contributed by atoms with Crippen LogP contribution in [0.15, 0.2) is 95.8 Å². The van der Waals surface area contributed by atoms with E-state index < -0.39 is 31.8 Å². The van der Waals surface area contributed by atoms with E-state index >= 15 is 0 Å². The van der Waals surface area contributed by atoms with Gasteiger partial charge in [0, 0.05) is 28.0 Å². The van der Waals surface area contributed by atoms with Crippen LogP contribution in [0.1, 0.15) is 126 Å². The molecule has 8 atom stereocenters. The van der Waals surface area contributed by atoms with E-state index in [2.05, 4.69) is 139 Å². The predicted molar refractivity (Wildman–Crippen MR) is 266 cm³/mol. The smallest absolute Gasteiger partial charge is 0.358 e. The lowest BCUT2D eigenvalue weighted by molar-refractivity contribution is -0.0185. The Morgan fingerprint density at radius 2 is 1.25 bits per heavy atom. The van der Waals surface area contributed by atoms with Crippen LogP contribution in [-0.4, -0.2) is 60.8 Å². The summed E-state index contributed by atoms with van der Waals surface area (Å²) in [6.07, 6.45) is 35.8. The third-order valence-electron chi connectivity index (χ3n) is 13.2. The number of carbonyl (C=O) groups is 2. The van der Waals surface area contributed by atoms with Gasteiger partial charge in [0.05, 0.1) is 19.3 Å². The van der Waals surface area contributed by atoms with Gasteiger partial charge < -0.3 is 19.0 Å². The Morgan fingerprint density at radius 1 is 0.762 bits per heavy atom. The van der Waals surface area contributed by atoms with Crippen LogP contribution in [0.5, 0.6) is 0 Å². The largest absolute Gasteiger partial charge is 0.464 e. The van der Waals surface area contributed by atoms with Crippen molar-refractivity contribution in [3.05, 3.63) is 117 Å². The Balaban J connectivity index is 1.26. The zero-order valence-corrected chi connectivity index (χ0v) is 42.7. The van der Waals surface area contributed by atoms with E-state index in [4.69, 9.17) is 13.9 Å². The number of allylic oxidation sites excluding steroid dienone is 11. The van der Waals surface area contributed by atoms with Crippen molar-refractivity contribution in [3.63, 3.8) is 0 Å². The molecule has 0 aliphatic heterocycles. The first-order valence-electron chi connectivity index (χ1n) is 22.5. The molecule has 0 amide bonds. The molecule has 0 bridgehead atoms. The second-order valence-electron chi connectivity index (χ2n) is 19.8. The van der Waals surface area contributed by atoms with E-state index in [9.17, 15) is 14.7 Å². The lowest BCUT2D eigenvalue weighted by Gasteiger charge is -2.44. The van der Waals surface area contributed by atoms with Gasteiger partial charge in [0.1, 0.15) is 16.1 Å². The highest BCUT2D eigenvalue weighted by atomic mass is 32.1. The molecule has 2 fully saturated rings. The minimum absolute atomic E-state index is 0.0896. The summed E-state index contributed by atoms with van der Waals surface area (Å²) in [4.78, 5) is 34.1. The number of esters is 2. The molecular formula is C52H74N2O6S2Si. The summed E-state index contributed by atoms with van der Waals surface area (Å²) in [5.74, 6) is 1.20. The Morgan fingerprint density at radius 3 is 1.75 bits per heavy atom. The SMILES string of the molecule is C/C=C/[C@H](O[Si](C)(C)C(C)(C)C)C(C)(C)[C@@H](O)C/C=C\[C@H]1C[C@H]1/C=C/C=C\c1nc(C(=O)O[C@@H](C/C=C\[C@H]2C[C@H]2/C=C/C=C\c2nc(C(=O)OC)cs2)C(C)(C)[C@@H](C)/C=C/C)cs1. The van der Waals surface area contributed by atoms with Crippen LogP contribution in [0, 0.1) is 40.4 Å². The average Bonchev–Trinajstić information content (AvgIpc) is 4.02. The zero-order valence-electron chi connectivity index (χ0n) is 40.0. The lowest BCUT2D eigenvalue weighted by Crippen LogP contribution is -2.50. The van der Waals surface area contributed by atoms with Crippen LogP contribution in [0.4, 0.5) is 0 Å². The highest BCUT2D eigenvalue weighted by Crippen LogP contribution is 2.44. The zero-order chi connectivity index (χ0) is 46.6. The molecule has 0 unspecified atom stereocenters. The molecule has 2 aromatic rings. The van der Waals surface area contributed by atoms with Crippen LogP contribution in [0.25, 0.3) is 12.2 Å². The van der Waals surface area contributed by atoms with Crippen molar-refractivity contribution in [1.29, 1.82) is 0 Å². The van der Waals surface area contributed by atoms with Crippen LogP contribution < -0.4 is 0 Å². The van der Waals surface area contributed by atoms with Gasteiger partial charge in [0.25, 0.3) is 0 Å². The summed E-state index contributed by atoms with van der Waals surface area (Å²) < 4.78 is 17.8. The van der Waals surface area contributed by atoms with Crippen molar-refractivity contribution in [1.82, 2.24) is 9.97 Å². The molecule has 4 rings (SSSR count). The quantitative estimate of drug-likeness (QED) is 0.0508. The topological polar surface area (TPSA) is 108 Å². The Kier molecular flexibility index (Phi) is 18.9. The molecule has 2 heterocycles. The van der Waals surface area contributed by atoms with Crippen molar-refractivity contribution >= 4 is 55.1 Å². The number of aliphatic hydroxyl groups is 1. The van der Waals surface area contributed by atoms with Crippen LogP contribution in [-0.2, 0) is 13.9 Å². The molecule has 0 aromatic carbocycles. The number of aliphatic hydroxyl groups excluding tert-OH is 1. The molecule has 2 aliphatic carbocycles. The highest BCUT2D eigenvalue weighted by molar-refractivity contribution is 7.11. The Hall–Kier alpha value is -3.74. The number of methoxy groups -OCH3 is 1. The second kappa shape index (κ2) is 22.9. The van der Waals surface area contributed by atoms with Crippen molar-refractivity contribution in [2.75, 3.05) is 7.11 Å². The van der Waals surface area contributed by atoms with Crippen molar-refractivity contribution < 1.29 is 28.6 Å². The first kappa shape index (κ1) is 51.9. The van der Waals surface area contributed by atoms with Gasteiger partial charge in [-0.2, -0.15) is 0 Å². The molecule has 2 aromatic heterocycles. The number of thiazole rings is 2. The van der Waals surface area contributed by atoms with E-state index in [1.807, 2.05) is 50.3 Å². The fourth-order valence-corrected chi connectivity index (χ4v) is 9.70. The van der Waals surface area contributed by atoms with Gasteiger partial charge >= 0.3 is 11.9 Å². The number of aromatic nitrogens is 2. The van der Waals surface area contributed by atoms with Gasteiger partial charge in [-0.15, -0.1) is 22.7 Å². The summed E-state index contributed by atoms with van der Waals surface area (Å²) >= 11 is 2.83. The van der Waals surface area contributed by atoms with Crippen molar-refractivity contribution in [2.45, 2.75) is 131 Å². The van der Waals surface area contributed by atoms with Crippen LogP contribution in [0.2, 0.25) is 18.1 Å². The third kappa shape index (κ3) is 15.2. The Labute approximate surface area is 387 Å². The number of ether oxygens (including phenoxy) is 2. The molecule has 8 nitrogen and oxygen atoms in total.